The van der Waals surface area contributed by atoms with Crippen LogP contribution in [0.2, 0.25) is 0 Å². The van der Waals surface area contributed by atoms with E-state index >= 15 is 0 Å². The lowest BCUT2D eigenvalue weighted by molar-refractivity contribution is -0.121. The topological polar surface area (TPSA) is 75.7 Å². The van der Waals surface area contributed by atoms with Crippen LogP contribution in [0.3, 0.4) is 0 Å². The molecule has 6 nitrogen and oxygen atoms in total. The first-order valence-electron chi connectivity index (χ1n) is 10.7. The van der Waals surface area contributed by atoms with Gasteiger partial charge in [0.05, 0.1) is 18.6 Å². The minimum absolute atomic E-state index is 0.318. The molecule has 0 bridgehead atoms. The quantitative estimate of drug-likeness (QED) is 0.530. The van der Waals surface area contributed by atoms with Gasteiger partial charge in [-0.25, -0.2) is 8.42 Å². The Kier molecular flexibility index (Phi) is 8.92. The number of nitrogens with one attached hydrogen (secondary N) is 1. The largest absolute Gasteiger partial charge is 0.493 e. The van der Waals surface area contributed by atoms with E-state index in [1.54, 1.807) is 13.0 Å². The lowest BCUT2D eigenvalue weighted by atomic mass is 10.1. The Morgan fingerprint density at radius 2 is 1.87 bits per heavy atom. The van der Waals surface area contributed by atoms with Crippen LogP contribution in [-0.4, -0.2) is 39.8 Å². The molecule has 0 aliphatic rings. The van der Waals surface area contributed by atoms with E-state index in [1.165, 1.54) is 4.31 Å². The highest BCUT2D eigenvalue weighted by Gasteiger charge is 2.30. The van der Waals surface area contributed by atoms with Gasteiger partial charge < -0.3 is 10.1 Å². The number of anilines is 1. The second kappa shape index (κ2) is 11.2. The van der Waals surface area contributed by atoms with Crippen molar-refractivity contribution in [3.63, 3.8) is 0 Å². The molecule has 0 unspecified atom stereocenters. The van der Waals surface area contributed by atoms with Gasteiger partial charge in [-0.05, 0) is 68.9 Å². The first kappa shape index (κ1) is 24.7. The number of sulfonamides is 1. The van der Waals surface area contributed by atoms with Crippen LogP contribution in [0.4, 0.5) is 5.69 Å². The lowest BCUT2D eigenvalue weighted by Gasteiger charge is -2.29. The van der Waals surface area contributed by atoms with Gasteiger partial charge >= 0.3 is 0 Å². The Bertz CT molecular complexity index is 989. The minimum atomic E-state index is -3.63. The van der Waals surface area contributed by atoms with Gasteiger partial charge in [-0.3, -0.25) is 9.10 Å². The summed E-state index contributed by atoms with van der Waals surface area (Å²) in [5.74, 6) is 0.559. The van der Waals surface area contributed by atoms with Crippen LogP contribution in [0.5, 0.6) is 5.75 Å². The van der Waals surface area contributed by atoms with E-state index in [2.05, 4.69) is 12.2 Å². The zero-order valence-corrected chi connectivity index (χ0v) is 20.0. The van der Waals surface area contributed by atoms with Crippen molar-refractivity contribution in [1.82, 2.24) is 5.32 Å². The predicted octanol–water partition coefficient (Wildman–Crippen LogP) is 4.00. The number of carbonyl (C=O) groups is 1. The molecule has 170 valence electrons. The first-order valence-corrected chi connectivity index (χ1v) is 12.5. The van der Waals surface area contributed by atoms with Crippen molar-refractivity contribution >= 4 is 21.6 Å². The van der Waals surface area contributed by atoms with Crippen LogP contribution in [0, 0.1) is 13.8 Å². The smallest absolute Gasteiger partial charge is 0.243 e. The fourth-order valence-corrected chi connectivity index (χ4v) is 4.66. The van der Waals surface area contributed by atoms with Crippen molar-refractivity contribution in [2.75, 3.05) is 23.7 Å². The number of rotatable bonds is 11. The fourth-order valence-electron chi connectivity index (χ4n) is 3.44. The maximum Gasteiger partial charge on any atom is 0.243 e. The highest BCUT2D eigenvalue weighted by molar-refractivity contribution is 7.92. The highest BCUT2D eigenvalue weighted by atomic mass is 32.2. The van der Waals surface area contributed by atoms with Crippen molar-refractivity contribution < 1.29 is 17.9 Å². The average molecular weight is 447 g/mol. The first-order chi connectivity index (χ1) is 14.6. The van der Waals surface area contributed by atoms with Crippen LogP contribution >= 0.6 is 0 Å². The van der Waals surface area contributed by atoms with E-state index in [-0.39, 0.29) is 5.91 Å². The molecule has 0 radical (unpaired) electrons. The highest BCUT2D eigenvalue weighted by Crippen LogP contribution is 2.26. The summed E-state index contributed by atoms with van der Waals surface area (Å²) in [5, 5.41) is 2.89. The Hall–Kier alpha value is -2.54. The summed E-state index contributed by atoms with van der Waals surface area (Å²) < 4.78 is 32.0. The Labute approximate surface area is 186 Å². The maximum absolute atomic E-state index is 12.8. The number of carbonyl (C=O) groups excluding carboxylic acids is 1. The number of aryl methyl sites for hydroxylation is 3. The molecule has 2 aromatic rings. The normalized spacial score (nSPS) is 12.3. The van der Waals surface area contributed by atoms with Crippen LogP contribution < -0.4 is 14.4 Å². The Morgan fingerprint density at radius 1 is 1.16 bits per heavy atom. The summed E-state index contributed by atoms with van der Waals surface area (Å²) in [7, 11) is -3.63. The van der Waals surface area contributed by atoms with Gasteiger partial charge in [0.2, 0.25) is 15.9 Å². The van der Waals surface area contributed by atoms with Gasteiger partial charge in [-0.1, -0.05) is 37.3 Å². The molecule has 0 spiro atoms. The summed E-state index contributed by atoms with van der Waals surface area (Å²) in [6, 6.07) is 12.6. The van der Waals surface area contributed by atoms with Crippen LogP contribution in [0.15, 0.2) is 42.5 Å². The summed E-state index contributed by atoms with van der Waals surface area (Å²) in [4.78, 5) is 12.8. The predicted molar refractivity (Wildman–Crippen MR) is 126 cm³/mol. The number of ether oxygens (including phenoxy) is 1. The van der Waals surface area contributed by atoms with Gasteiger partial charge in [0.15, 0.2) is 0 Å². The molecule has 2 rings (SSSR count). The number of hydrogen-bond acceptors (Lipinski definition) is 4. The summed E-state index contributed by atoms with van der Waals surface area (Å²) in [5.41, 5.74) is 3.38. The van der Waals surface area contributed by atoms with E-state index in [4.69, 9.17) is 4.74 Å². The molecule has 0 aliphatic heterocycles. The standard InChI is InChI=1S/C24H34N2O4S/c1-6-16-30-23-12-8-7-10-21(23)11-9-15-25-24(27)20(4)26(31(5,28)29)22-17-18(2)13-14-19(22)3/h7-8,10,12-14,17,20H,6,9,11,15-16H2,1-5H3,(H,25,27)/t20-/m0/s1. The van der Waals surface area contributed by atoms with E-state index in [0.717, 1.165) is 48.0 Å². The molecule has 0 fully saturated rings. The third-order valence-electron chi connectivity index (χ3n) is 5.05. The monoisotopic (exact) mass is 446 g/mol. The summed E-state index contributed by atoms with van der Waals surface area (Å²) in [6.45, 7) is 8.55. The molecule has 2 aromatic carbocycles. The number of amides is 1. The molecule has 0 aliphatic carbocycles. The van der Waals surface area contributed by atoms with E-state index in [0.29, 0.717) is 18.8 Å². The van der Waals surface area contributed by atoms with Crippen molar-refractivity contribution in [1.29, 1.82) is 0 Å². The molecular weight excluding hydrogens is 412 g/mol. The summed E-state index contributed by atoms with van der Waals surface area (Å²) >= 11 is 0. The molecule has 0 saturated heterocycles. The van der Waals surface area contributed by atoms with Crippen molar-refractivity contribution in [3.05, 3.63) is 59.2 Å². The zero-order valence-electron chi connectivity index (χ0n) is 19.1. The number of benzene rings is 2. The SMILES string of the molecule is CCCOc1ccccc1CCCNC(=O)[C@H](C)N(c1cc(C)ccc1C)S(C)(=O)=O. The molecule has 1 atom stereocenters. The molecule has 31 heavy (non-hydrogen) atoms. The lowest BCUT2D eigenvalue weighted by Crippen LogP contribution is -2.48. The third kappa shape index (κ3) is 6.99. The van der Waals surface area contributed by atoms with Crippen molar-refractivity contribution in [2.45, 2.75) is 53.0 Å². The summed E-state index contributed by atoms with van der Waals surface area (Å²) in [6.07, 6.45) is 3.57. The maximum atomic E-state index is 12.8. The number of hydrogen-bond donors (Lipinski definition) is 1. The zero-order chi connectivity index (χ0) is 23.0. The van der Waals surface area contributed by atoms with Gasteiger partial charge in [-0.2, -0.15) is 0 Å². The second-order valence-corrected chi connectivity index (χ2v) is 9.73. The van der Waals surface area contributed by atoms with E-state index in [9.17, 15) is 13.2 Å². The van der Waals surface area contributed by atoms with Gasteiger partial charge in [0.25, 0.3) is 0 Å². The molecule has 1 N–H and O–H groups in total. The molecule has 0 saturated carbocycles. The van der Waals surface area contributed by atoms with Gasteiger partial charge in [-0.15, -0.1) is 0 Å². The molecule has 1 amide bonds. The fraction of sp³-hybridized carbons (Fsp3) is 0.458. The number of nitrogens with zero attached hydrogens (tertiary/aromatic N) is 1. The van der Waals surface area contributed by atoms with Gasteiger partial charge in [0, 0.05) is 6.54 Å². The average Bonchev–Trinajstić information content (AvgIpc) is 2.71. The molecule has 0 aromatic heterocycles. The van der Waals surface area contributed by atoms with Crippen LogP contribution in [0.25, 0.3) is 0 Å². The van der Waals surface area contributed by atoms with Crippen molar-refractivity contribution in [2.24, 2.45) is 0 Å². The Morgan fingerprint density at radius 3 is 2.55 bits per heavy atom. The van der Waals surface area contributed by atoms with Gasteiger partial charge in [0.1, 0.15) is 11.8 Å². The molecule has 7 heteroatoms. The van der Waals surface area contributed by atoms with Crippen molar-refractivity contribution in [3.8, 4) is 5.75 Å². The van der Waals surface area contributed by atoms with Crippen LogP contribution in [-0.2, 0) is 21.2 Å². The number of para-hydroxylation sites is 1. The van der Waals surface area contributed by atoms with E-state index < -0.39 is 16.1 Å². The van der Waals surface area contributed by atoms with E-state index in [1.807, 2.05) is 50.2 Å². The molecule has 0 heterocycles. The second-order valence-electron chi connectivity index (χ2n) is 7.88. The van der Waals surface area contributed by atoms with Crippen LogP contribution in [0.1, 0.15) is 43.4 Å². The molecular formula is C24H34N2O4S. The third-order valence-corrected chi connectivity index (χ3v) is 6.27. The Balaban J connectivity index is 2.02. The minimum Gasteiger partial charge on any atom is -0.493 e.